The van der Waals surface area contributed by atoms with Crippen molar-refractivity contribution in [2.75, 3.05) is 25.2 Å². The highest BCUT2D eigenvalue weighted by molar-refractivity contribution is 5.81. The molecule has 162 valence electrons. The monoisotopic (exact) mass is 427 g/mol. The Balaban J connectivity index is 1.57. The molecular weight excluding hydrogens is 405 g/mol. The number of halogens is 1. The van der Waals surface area contributed by atoms with Gasteiger partial charge in [0.05, 0.1) is 12.8 Å². The molecule has 9 nitrogen and oxygen atoms in total. The number of nitrogens with one attached hydrogen (secondary N) is 2. The summed E-state index contributed by atoms with van der Waals surface area (Å²) >= 11 is 0. The Bertz CT molecular complexity index is 1090. The molecule has 0 bridgehead atoms. The van der Waals surface area contributed by atoms with Gasteiger partial charge in [0, 0.05) is 0 Å². The normalized spacial score (nSPS) is 10.8. The van der Waals surface area contributed by atoms with E-state index in [1.807, 2.05) is 6.92 Å². The summed E-state index contributed by atoms with van der Waals surface area (Å²) in [5.74, 6) is 1.50. The van der Waals surface area contributed by atoms with Crippen LogP contribution in [0.25, 0.3) is 0 Å². The van der Waals surface area contributed by atoms with Gasteiger partial charge in [-0.2, -0.15) is 5.10 Å². The molecule has 10 heteroatoms. The molecule has 0 atom stereocenters. The minimum atomic E-state index is -0.337. The first-order chi connectivity index (χ1) is 15.0. The van der Waals surface area contributed by atoms with Gasteiger partial charge in [0.2, 0.25) is 5.95 Å². The first-order valence-corrected chi connectivity index (χ1v) is 9.56. The molecule has 2 aromatic carbocycles. The summed E-state index contributed by atoms with van der Waals surface area (Å²) in [7, 11) is 0. The first kappa shape index (κ1) is 21.8. The fourth-order valence-electron chi connectivity index (χ4n) is 2.45. The molecule has 2 N–H and O–H groups in total. The maximum atomic E-state index is 12.9. The number of benzene rings is 2. The van der Waals surface area contributed by atoms with Crippen molar-refractivity contribution >= 4 is 12.2 Å². The van der Waals surface area contributed by atoms with E-state index < -0.39 is 0 Å². The van der Waals surface area contributed by atoms with Crippen molar-refractivity contribution < 1.29 is 18.6 Å². The number of aromatic nitrogens is 3. The first-order valence-electron chi connectivity index (χ1n) is 9.56. The van der Waals surface area contributed by atoms with Gasteiger partial charge in [-0.15, -0.1) is 10.2 Å². The summed E-state index contributed by atoms with van der Waals surface area (Å²) in [6, 6.07) is 11.1. The lowest BCUT2D eigenvalue weighted by Gasteiger charge is -2.13. The summed E-state index contributed by atoms with van der Waals surface area (Å²) in [6.07, 6.45) is 1.55. The van der Waals surface area contributed by atoms with E-state index in [4.69, 9.17) is 14.2 Å². The molecule has 1 aromatic heterocycles. The predicted molar refractivity (Wildman–Crippen MR) is 114 cm³/mol. The highest BCUT2D eigenvalue weighted by Crippen LogP contribution is 2.28. The number of hydrazone groups is 1. The Labute approximate surface area is 177 Å². The lowest BCUT2D eigenvalue weighted by Crippen LogP contribution is -2.15. The molecule has 0 amide bonds. The van der Waals surface area contributed by atoms with Gasteiger partial charge in [-0.25, -0.2) is 9.82 Å². The number of hydrogen-bond acceptors (Lipinski definition) is 8. The minimum absolute atomic E-state index is 0.137. The van der Waals surface area contributed by atoms with Gasteiger partial charge < -0.3 is 14.2 Å². The van der Waals surface area contributed by atoms with Crippen molar-refractivity contribution in [3.05, 3.63) is 69.9 Å². The highest BCUT2D eigenvalue weighted by atomic mass is 19.1. The van der Waals surface area contributed by atoms with E-state index in [0.717, 1.165) is 5.56 Å². The van der Waals surface area contributed by atoms with Gasteiger partial charge in [0.1, 0.15) is 30.5 Å². The quantitative estimate of drug-likeness (QED) is 0.291. The van der Waals surface area contributed by atoms with E-state index in [1.54, 1.807) is 43.5 Å². The van der Waals surface area contributed by atoms with Crippen LogP contribution >= 0.6 is 0 Å². The minimum Gasteiger partial charge on any atom is -0.490 e. The SMILES string of the molecule is CCOc1cc(/C=N/Nc2nnc(C)c(=O)[nH]2)ccc1OCCOc1ccc(F)cc1. The van der Waals surface area contributed by atoms with E-state index in [-0.39, 0.29) is 29.6 Å². The molecule has 0 aliphatic heterocycles. The molecule has 0 saturated heterocycles. The molecule has 0 saturated carbocycles. The van der Waals surface area contributed by atoms with Crippen molar-refractivity contribution in [1.82, 2.24) is 15.2 Å². The maximum Gasteiger partial charge on any atom is 0.274 e. The largest absolute Gasteiger partial charge is 0.490 e. The second-order valence-corrected chi connectivity index (χ2v) is 6.25. The third-order valence-corrected chi connectivity index (χ3v) is 3.94. The van der Waals surface area contributed by atoms with Crippen LogP contribution in [0.15, 0.2) is 52.4 Å². The Morgan fingerprint density at radius 1 is 1.06 bits per heavy atom. The second-order valence-electron chi connectivity index (χ2n) is 6.25. The fraction of sp³-hybridized carbons (Fsp3) is 0.238. The lowest BCUT2D eigenvalue weighted by atomic mass is 10.2. The summed E-state index contributed by atoms with van der Waals surface area (Å²) in [5.41, 5.74) is 3.30. The van der Waals surface area contributed by atoms with Crippen molar-refractivity contribution in [2.45, 2.75) is 13.8 Å². The summed E-state index contributed by atoms with van der Waals surface area (Å²) in [5, 5.41) is 11.6. The highest BCUT2D eigenvalue weighted by Gasteiger charge is 2.07. The van der Waals surface area contributed by atoms with E-state index in [0.29, 0.717) is 30.5 Å². The molecule has 31 heavy (non-hydrogen) atoms. The summed E-state index contributed by atoms with van der Waals surface area (Å²) < 4.78 is 29.8. The number of hydrogen-bond donors (Lipinski definition) is 2. The second kappa shape index (κ2) is 10.7. The van der Waals surface area contributed by atoms with Gasteiger partial charge in [0.25, 0.3) is 5.56 Å². The average Bonchev–Trinajstić information content (AvgIpc) is 2.76. The third-order valence-electron chi connectivity index (χ3n) is 3.94. The fourth-order valence-corrected chi connectivity index (χ4v) is 2.45. The van der Waals surface area contributed by atoms with E-state index in [1.165, 1.54) is 12.1 Å². The van der Waals surface area contributed by atoms with Crippen molar-refractivity contribution in [3.8, 4) is 17.2 Å². The molecule has 0 radical (unpaired) electrons. The summed E-state index contributed by atoms with van der Waals surface area (Å²) in [4.78, 5) is 14.0. The zero-order valence-corrected chi connectivity index (χ0v) is 17.1. The van der Waals surface area contributed by atoms with E-state index in [2.05, 4.69) is 25.7 Å². The van der Waals surface area contributed by atoms with Crippen LogP contribution in [-0.4, -0.2) is 41.2 Å². The smallest absolute Gasteiger partial charge is 0.274 e. The Morgan fingerprint density at radius 2 is 1.84 bits per heavy atom. The van der Waals surface area contributed by atoms with Crippen LogP contribution < -0.4 is 25.2 Å². The number of H-pyrrole nitrogens is 1. The Kier molecular flexibility index (Phi) is 7.52. The molecular formula is C21H22FN5O4. The summed E-state index contributed by atoms with van der Waals surface area (Å²) in [6.45, 7) is 4.47. The van der Waals surface area contributed by atoms with Crippen LogP contribution in [0, 0.1) is 12.7 Å². The van der Waals surface area contributed by atoms with E-state index in [9.17, 15) is 9.18 Å². The van der Waals surface area contributed by atoms with Crippen LogP contribution in [0.1, 0.15) is 18.2 Å². The standard InChI is InChI=1S/C21H22FN5O4/c1-3-29-19-12-15(13-23-26-21-24-20(28)14(2)25-27-21)4-9-18(19)31-11-10-30-17-7-5-16(22)6-8-17/h4-9,12-13H,3,10-11H2,1-2H3,(H2,24,26,27,28)/b23-13+. The van der Waals surface area contributed by atoms with E-state index >= 15 is 0 Å². The van der Waals surface area contributed by atoms with Gasteiger partial charge in [-0.3, -0.25) is 9.78 Å². The van der Waals surface area contributed by atoms with Crippen LogP contribution in [0.3, 0.4) is 0 Å². The predicted octanol–water partition coefficient (Wildman–Crippen LogP) is 2.91. The van der Waals surface area contributed by atoms with Crippen LogP contribution in [0.5, 0.6) is 17.2 Å². The topological polar surface area (TPSA) is 111 Å². The van der Waals surface area contributed by atoms with Crippen molar-refractivity contribution in [1.29, 1.82) is 0 Å². The molecule has 0 fully saturated rings. The number of anilines is 1. The van der Waals surface area contributed by atoms with Crippen molar-refractivity contribution in [3.63, 3.8) is 0 Å². The number of nitrogens with zero attached hydrogens (tertiary/aromatic N) is 3. The molecule has 0 unspecified atom stereocenters. The molecule has 3 rings (SSSR count). The number of aryl methyl sites for hydroxylation is 1. The number of rotatable bonds is 10. The maximum absolute atomic E-state index is 12.9. The zero-order chi connectivity index (χ0) is 22.1. The van der Waals surface area contributed by atoms with Gasteiger partial charge >= 0.3 is 0 Å². The van der Waals surface area contributed by atoms with Gasteiger partial charge in [0.15, 0.2) is 11.5 Å². The Morgan fingerprint density at radius 3 is 2.58 bits per heavy atom. The third kappa shape index (κ3) is 6.53. The number of ether oxygens (including phenoxy) is 3. The van der Waals surface area contributed by atoms with Crippen LogP contribution in [-0.2, 0) is 0 Å². The molecule has 1 heterocycles. The molecule has 0 aliphatic rings. The molecule has 0 aliphatic carbocycles. The average molecular weight is 427 g/mol. The van der Waals surface area contributed by atoms with Crippen LogP contribution in [0.4, 0.5) is 10.3 Å². The Hall–Kier alpha value is -3.95. The van der Waals surface area contributed by atoms with Crippen molar-refractivity contribution in [2.24, 2.45) is 5.10 Å². The van der Waals surface area contributed by atoms with Crippen LogP contribution in [0.2, 0.25) is 0 Å². The number of aromatic amines is 1. The lowest BCUT2D eigenvalue weighted by molar-refractivity contribution is 0.208. The molecule has 0 spiro atoms. The van der Waals surface area contributed by atoms with Gasteiger partial charge in [-0.1, -0.05) is 0 Å². The molecule has 3 aromatic rings. The van der Waals surface area contributed by atoms with Gasteiger partial charge in [-0.05, 0) is 61.9 Å². The zero-order valence-electron chi connectivity index (χ0n) is 17.1.